The Bertz CT molecular complexity index is 4050. The highest BCUT2D eigenvalue weighted by atomic mass is 16.8. The molecule has 12 heterocycles. The fourth-order valence-corrected chi connectivity index (χ4v) is 20.2. The van der Waals surface area contributed by atoms with Crippen LogP contribution in [0.15, 0.2) is 0 Å². The number of hydrogen-bond donors (Lipinski definition) is 35. The molecule has 866 valence electrons. The normalized spacial score (nSPS) is 49.1. The largest absolute Gasteiger partial charge is 0.394 e. The van der Waals surface area contributed by atoms with Gasteiger partial charge in [-0.3, -0.25) is 14.4 Å². The van der Waals surface area contributed by atoms with Crippen LogP contribution in [0, 0.1) is 23.7 Å². The molecule has 0 bridgehead atoms. The zero-order valence-corrected chi connectivity index (χ0v) is 82.5. The van der Waals surface area contributed by atoms with Gasteiger partial charge in [-0.1, -0.05) is 34.6 Å². The lowest BCUT2D eigenvalue weighted by atomic mass is 9.87. The summed E-state index contributed by atoms with van der Waals surface area (Å²) in [4.78, 5) is 39.6. The van der Waals surface area contributed by atoms with Gasteiger partial charge in [0.05, 0.1) is 121 Å². The Hall–Kier alpha value is -3.79. The number of ether oxygens (including phenoxy) is 23. The summed E-state index contributed by atoms with van der Waals surface area (Å²) in [6.07, 6.45) is -109. The van der Waals surface area contributed by atoms with Crippen LogP contribution in [-0.2, 0) is 123 Å². The average Bonchev–Trinajstić information content (AvgIpc) is 0.763. The molecule has 12 saturated heterocycles. The predicted octanol–water partition coefficient (Wildman–Crippen LogP) is -20.7. The standard InChI is InChI=1S/C88H151N3O58/c1-23(2)70-46(89-28(7)99)58(115)76(43(132-70)22-129-83-66(123)61(118)50(107)27(6)131-83)143-81-47(90-29(8)100)59(116)75(39(18-98)136-81)146-86-69(126)77(147-88-79(65(122)54(111)36(15-95)134-88)148-80-26(5)49(106)73(37(16-96)135-80)144-84-67(124)62(119)55(112)40(138-84)19-127-44-10-31(102)24(3)71(141-44)51(108)33(104)12-92)57(114)42(140-86)21-130-87-78(64(121)53(110)35(14-94)133-87)149-82-48(91-30(9)101)60(117)74(38(17-97)137-82)145-85-68(125)63(120)56(113)41(139-85)20-128-45-11-32(103)25(4)72(142-45)52(109)34(105)13-93/h23-27,31-88,92-98,102-126H,10-22H2,1-9H3,(H,89,99)(H,90,100)(H,91,101)/t24-,25-,26?,27?,31-,32-,33?,34?,35?,36?,37?,38?,39?,40?,41?,42?,43?,44+,45+,46?,47?,48?,49-,50-,51?,52?,53-,54-,55+,56+,57-,58-,59-,60-,61+,62+,63+,64+,65+,66?,67?,68?,69?,70+,71?,72?,73-,74-,75-,76-,77+,78?,79?,80+,81+,82+,83-,84+,85+,86+,87+,88-/m1/s1. The molecule has 0 aromatic rings. The summed E-state index contributed by atoms with van der Waals surface area (Å²) in [6.45, 7) is 0.711. The molecular weight excluding hydrogens is 2030 g/mol. The van der Waals surface area contributed by atoms with Crippen molar-refractivity contribution in [3.63, 3.8) is 0 Å². The van der Waals surface area contributed by atoms with E-state index >= 15 is 0 Å². The molecule has 61 nitrogen and oxygen atoms in total. The van der Waals surface area contributed by atoms with Gasteiger partial charge in [-0.05, 0) is 12.8 Å². The van der Waals surface area contributed by atoms with Crippen molar-refractivity contribution in [1.82, 2.24) is 16.0 Å². The van der Waals surface area contributed by atoms with Crippen LogP contribution in [0.2, 0.25) is 0 Å². The van der Waals surface area contributed by atoms with E-state index in [4.69, 9.17) is 109 Å². The number of carbonyl (C=O) groups is 3. The number of aliphatic hydroxyl groups excluding tert-OH is 32. The second-order valence-corrected chi connectivity index (χ2v) is 40.1. The molecule has 12 aliphatic rings. The van der Waals surface area contributed by atoms with Crippen molar-refractivity contribution < 1.29 is 287 Å². The molecule has 26 unspecified atom stereocenters. The first kappa shape index (κ1) is 124. The van der Waals surface area contributed by atoms with E-state index in [1.54, 1.807) is 13.8 Å². The fraction of sp³-hybridized carbons (Fsp3) is 0.966. The van der Waals surface area contributed by atoms with Crippen LogP contribution >= 0.6 is 0 Å². The van der Waals surface area contributed by atoms with Crippen LogP contribution in [0.4, 0.5) is 0 Å². The first-order valence-corrected chi connectivity index (χ1v) is 49.4. The second-order valence-electron chi connectivity index (χ2n) is 40.1. The molecule has 12 aliphatic heterocycles. The monoisotopic (exact) mass is 2180 g/mol. The fourth-order valence-electron chi connectivity index (χ4n) is 20.2. The number of rotatable bonds is 41. The van der Waals surface area contributed by atoms with Crippen molar-refractivity contribution in [3.8, 4) is 0 Å². The Labute approximate surface area is 851 Å². The van der Waals surface area contributed by atoms with E-state index in [0.717, 1.165) is 20.8 Å². The summed E-state index contributed by atoms with van der Waals surface area (Å²) in [5.41, 5.74) is 0. The summed E-state index contributed by atoms with van der Waals surface area (Å²) in [7, 11) is 0. The number of carbonyl (C=O) groups excluding carboxylic acids is 3. The van der Waals surface area contributed by atoms with Gasteiger partial charge < -0.3 is 288 Å². The van der Waals surface area contributed by atoms with E-state index in [-0.39, 0.29) is 12.8 Å². The average molecular weight is 2180 g/mol. The molecule has 62 atom stereocenters. The van der Waals surface area contributed by atoms with E-state index in [0.29, 0.717) is 0 Å². The molecule has 3 amide bonds. The Morgan fingerprint density at radius 1 is 0.268 bits per heavy atom. The molecule has 12 fully saturated rings. The maximum atomic E-state index is 13.5. The van der Waals surface area contributed by atoms with Crippen molar-refractivity contribution >= 4 is 17.7 Å². The van der Waals surface area contributed by atoms with Gasteiger partial charge in [0, 0.05) is 51.4 Å². The summed E-state index contributed by atoms with van der Waals surface area (Å²) >= 11 is 0. The Morgan fingerprint density at radius 2 is 0.584 bits per heavy atom. The highest BCUT2D eigenvalue weighted by Gasteiger charge is 2.63. The third-order valence-corrected chi connectivity index (χ3v) is 29.2. The van der Waals surface area contributed by atoms with E-state index in [1.807, 2.05) is 0 Å². The molecule has 0 radical (unpaired) electrons. The van der Waals surface area contributed by atoms with E-state index in [9.17, 15) is 178 Å². The Morgan fingerprint density at radius 3 is 1.01 bits per heavy atom. The first-order chi connectivity index (χ1) is 70.4. The SMILES string of the molecule is CC(=O)NC1[C@H](OC2[C@@H](OCC3O[C@@H](O[C@@H]4C(CO)O[C@@H](O[C@@H]5C(CO[C@@H]6OC(C)[C@@H](O)[C@H](O)C6O)O[C@@H](C(C)C)C(NC(C)=O)[C@H]5O)C(NC(C)=O)[C@H]4O)C(O)[C@@H](O[C@H]4OC(CO)[C@@H](O)[C@H](O)C4O[C@@H]4OC(CO)[C@@H](O[C@@H]5OC(CO[C@@H]6C[C@@H](O)[C@@H](C)C(C(O)C(O)CO)O6)[C@H](O)[C@H](O)C5O)[C@H](O)C4C)[C@@H]3O)OC(CO)[C@@H](O)[C@@H]2O)OC(CO)[C@@H](O[C@@H]2OC(CO[C@@H]3C[C@@H](O)[C@@H](C)C(C(O)C(O)CO)O3)[C@H](O)[C@H](O)C2O)[C@@H]1O. The summed E-state index contributed by atoms with van der Waals surface area (Å²) < 4.78 is 140. The van der Waals surface area contributed by atoms with Crippen molar-refractivity contribution in [2.24, 2.45) is 23.7 Å². The predicted molar refractivity (Wildman–Crippen MR) is 472 cm³/mol. The second kappa shape index (κ2) is 54.4. The molecule has 0 aromatic carbocycles. The van der Waals surface area contributed by atoms with Crippen LogP contribution in [-0.4, -0.2) is 616 Å². The number of aliphatic hydroxyl groups is 32. The van der Waals surface area contributed by atoms with Crippen LogP contribution in [0.5, 0.6) is 0 Å². The third-order valence-electron chi connectivity index (χ3n) is 29.2. The molecular formula is C88H151N3O58. The van der Waals surface area contributed by atoms with Gasteiger partial charge in [-0.15, -0.1) is 0 Å². The van der Waals surface area contributed by atoms with Gasteiger partial charge in [0.1, 0.15) is 244 Å². The molecule has 149 heavy (non-hydrogen) atoms. The van der Waals surface area contributed by atoms with Gasteiger partial charge in [-0.25, -0.2) is 0 Å². The minimum Gasteiger partial charge on any atom is -0.394 e. The summed E-state index contributed by atoms with van der Waals surface area (Å²) in [5, 5.41) is 368. The minimum atomic E-state index is -2.61. The highest BCUT2D eigenvalue weighted by molar-refractivity contribution is 5.74. The van der Waals surface area contributed by atoms with Crippen LogP contribution < -0.4 is 16.0 Å². The first-order valence-electron chi connectivity index (χ1n) is 49.4. The van der Waals surface area contributed by atoms with Gasteiger partial charge in [0.2, 0.25) is 17.7 Å². The Balaban J connectivity index is 0.828. The minimum absolute atomic E-state index is 0.253. The lowest BCUT2D eigenvalue weighted by molar-refractivity contribution is -0.401. The van der Waals surface area contributed by atoms with E-state index in [2.05, 4.69) is 16.0 Å². The smallest absolute Gasteiger partial charge is 0.217 e. The van der Waals surface area contributed by atoms with Gasteiger partial charge in [0.25, 0.3) is 0 Å². The molecule has 35 N–H and O–H groups in total. The maximum absolute atomic E-state index is 13.5. The summed E-state index contributed by atoms with van der Waals surface area (Å²) in [6, 6.07) is -5.34. The van der Waals surface area contributed by atoms with Crippen LogP contribution in [0.3, 0.4) is 0 Å². The number of hydrogen-bond acceptors (Lipinski definition) is 58. The van der Waals surface area contributed by atoms with Crippen molar-refractivity contribution in [2.75, 3.05) is 72.7 Å². The van der Waals surface area contributed by atoms with Crippen LogP contribution in [0.25, 0.3) is 0 Å². The highest BCUT2D eigenvalue weighted by Crippen LogP contribution is 2.44. The molecule has 12 rings (SSSR count). The lowest BCUT2D eigenvalue weighted by Gasteiger charge is -2.51. The zero-order chi connectivity index (χ0) is 110. The van der Waals surface area contributed by atoms with Crippen molar-refractivity contribution in [2.45, 2.75) is 437 Å². The Kier molecular flexibility index (Phi) is 45.2. The topological polar surface area (TPSA) is 947 Å². The molecule has 0 spiro atoms. The van der Waals surface area contributed by atoms with Crippen molar-refractivity contribution in [3.05, 3.63) is 0 Å². The third kappa shape index (κ3) is 28.1. The molecule has 0 aliphatic carbocycles. The maximum Gasteiger partial charge on any atom is 0.217 e. The number of amides is 3. The van der Waals surface area contributed by atoms with E-state index in [1.165, 1.54) is 27.7 Å². The molecule has 0 aromatic heterocycles. The van der Waals surface area contributed by atoms with Gasteiger partial charge in [0.15, 0.2) is 69.2 Å². The van der Waals surface area contributed by atoms with Gasteiger partial charge in [-0.2, -0.15) is 0 Å². The summed E-state index contributed by atoms with van der Waals surface area (Å²) in [5.74, 6) is -6.35. The zero-order valence-electron chi connectivity index (χ0n) is 82.5. The molecule has 61 heteroatoms. The lowest BCUT2D eigenvalue weighted by Crippen LogP contribution is -2.71. The van der Waals surface area contributed by atoms with Gasteiger partial charge >= 0.3 is 0 Å². The number of nitrogens with one attached hydrogen (secondary N) is 3. The quantitative estimate of drug-likeness (QED) is 0.0270. The van der Waals surface area contributed by atoms with Crippen molar-refractivity contribution in [1.29, 1.82) is 0 Å². The van der Waals surface area contributed by atoms with E-state index < -0.39 is 476 Å². The van der Waals surface area contributed by atoms with Crippen LogP contribution in [0.1, 0.15) is 75.2 Å². The molecule has 0 saturated carbocycles.